The van der Waals surface area contributed by atoms with E-state index in [1.807, 2.05) is 6.92 Å². The summed E-state index contributed by atoms with van der Waals surface area (Å²) in [6.07, 6.45) is -8.98. The second kappa shape index (κ2) is 22.1. The summed E-state index contributed by atoms with van der Waals surface area (Å²) in [7, 11) is -16.6. The zero-order chi connectivity index (χ0) is 36.5. The summed E-state index contributed by atoms with van der Waals surface area (Å²) in [6.45, 7) is 0.551. The molecule has 1 saturated carbocycles. The van der Waals surface area contributed by atoms with Gasteiger partial charge >= 0.3 is 35.4 Å². The maximum Gasteiger partial charge on any atom is 0.472 e. The highest BCUT2D eigenvalue weighted by Crippen LogP contribution is 2.51. The van der Waals surface area contributed by atoms with Crippen LogP contribution in [0.5, 0.6) is 0 Å². The molecule has 48 heavy (non-hydrogen) atoms. The lowest BCUT2D eigenvalue weighted by molar-refractivity contribution is -0.213. The Morgan fingerprint density at radius 2 is 1.10 bits per heavy atom. The lowest BCUT2D eigenvalue weighted by Crippen LogP contribution is -2.65. The molecule has 0 spiro atoms. The minimum Gasteiger partial charge on any atom is -0.462 e. The summed E-state index contributed by atoms with van der Waals surface area (Å²) in [6, 6.07) is 0. The molecular weight excluding hydrogens is 713 g/mol. The van der Waals surface area contributed by atoms with Crippen molar-refractivity contribution in [3.63, 3.8) is 0 Å². The summed E-state index contributed by atoms with van der Waals surface area (Å²) in [5, 5.41) is 40.2. The van der Waals surface area contributed by atoms with Crippen LogP contribution in [0.3, 0.4) is 0 Å². The summed E-state index contributed by atoms with van der Waals surface area (Å²) < 4.78 is 64.1. The van der Waals surface area contributed by atoms with Crippen molar-refractivity contribution in [3.05, 3.63) is 0 Å². The van der Waals surface area contributed by atoms with Crippen molar-refractivity contribution in [1.29, 1.82) is 0 Å². The van der Waals surface area contributed by atoms with Gasteiger partial charge in [-0.15, -0.1) is 0 Å². The Balaban J connectivity index is 2.97. The molecule has 1 unspecified atom stereocenters. The van der Waals surface area contributed by atoms with Crippen molar-refractivity contribution in [2.24, 2.45) is 0 Å². The molecule has 0 heterocycles. The number of rotatable bonds is 25. The molecule has 284 valence electrons. The molecular formula is C25H49O20P3. The van der Waals surface area contributed by atoms with Crippen molar-refractivity contribution >= 4 is 35.4 Å². The average Bonchev–Trinajstić information content (AvgIpc) is 2.98. The Labute approximate surface area is 277 Å². The third-order valence-corrected chi connectivity index (χ3v) is 8.99. The first-order chi connectivity index (χ1) is 22.3. The zero-order valence-electron chi connectivity index (χ0n) is 26.5. The van der Waals surface area contributed by atoms with Crippen LogP contribution in [-0.2, 0) is 50.9 Å². The lowest BCUT2D eigenvalue weighted by atomic mass is 9.85. The molecule has 8 atom stereocenters. The van der Waals surface area contributed by atoms with Crippen LogP contribution < -0.4 is 0 Å². The number of carbonyl (C=O) groups is 2. The first-order valence-corrected chi connectivity index (χ1v) is 20.0. The number of aliphatic hydroxyl groups excluding tert-OH is 4. The number of hydrogen-bond acceptors (Lipinski definition) is 15. The van der Waals surface area contributed by atoms with Gasteiger partial charge in [-0.1, -0.05) is 51.9 Å². The molecule has 0 aromatic rings. The van der Waals surface area contributed by atoms with E-state index in [2.05, 4.69) is 9.05 Å². The van der Waals surface area contributed by atoms with Gasteiger partial charge in [-0.05, 0) is 19.3 Å². The van der Waals surface area contributed by atoms with E-state index in [4.69, 9.17) is 33.4 Å². The van der Waals surface area contributed by atoms with Crippen LogP contribution in [0, 0.1) is 0 Å². The Kier molecular flexibility index (Phi) is 20.8. The van der Waals surface area contributed by atoms with Crippen LogP contribution >= 0.6 is 23.5 Å². The monoisotopic (exact) mass is 762 g/mol. The molecule has 1 fully saturated rings. The zero-order valence-corrected chi connectivity index (χ0v) is 29.2. The van der Waals surface area contributed by atoms with E-state index in [1.165, 1.54) is 0 Å². The predicted molar refractivity (Wildman–Crippen MR) is 162 cm³/mol. The fourth-order valence-corrected chi connectivity index (χ4v) is 6.71. The smallest absolute Gasteiger partial charge is 0.462 e. The Morgan fingerprint density at radius 3 is 1.65 bits per heavy atom. The van der Waals surface area contributed by atoms with E-state index in [-0.39, 0.29) is 19.4 Å². The normalized spacial score (nSPS) is 25.3. The molecule has 0 aromatic carbocycles. The number of esters is 2. The highest BCUT2D eigenvalue weighted by molar-refractivity contribution is 7.47. The van der Waals surface area contributed by atoms with E-state index in [0.29, 0.717) is 25.7 Å². The Hall–Kier alpha value is -0.890. The summed E-state index contributed by atoms with van der Waals surface area (Å²) in [5.41, 5.74) is 0. The van der Waals surface area contributed by atoms with Gasteiger partial charge < -0.3 is 54.4 Å². The van der Waals surface area contributed by atoms with E-state index < -0.39 is 91.3 Å². The van der Waals surface area contributed by atoms with Crippen molar-refractivity contribution in [2.45, 2.75) is 127 Å². The Bertz CT molecular complexity index is 1100. The number of hydrogen-bond donors (Lipinski definition) is 9. The number of aliphatic hydroxyl groups is 4. The van der Waals surface area contributed by atoms with Crippen LogP contribution in [0.2, 0.25) is 0 Å². The molecule has 1 rings (SSSR count). The maximum absolute atomic E-state index is 12.8. The van der Waals surface area contributed by atoms with Crippen LogP contribution in [0.15, 0.2) is 0 Å². The second-order valence-corrected chi connectivity index (χ2v) is 14.9. The van der Waals surface area contributed by atoms with Gasteiger partial charge in [-0.3, -0.25) is 27.7 Å². The van der Waals surface area contributed by atoms with E-state index >= 15 is 0 Å². The quantitative estimate of drug-likeness (QED) is 0.0351. The van der Waals surface area contributed by atoms with Crippen molar-refractivity contribution in [2.75, 3.05) is 19.8 Å². The lowest BCUT2D eigenvalue weighted by Gasteiger charge is -2.44. The molecule has 20 nitrogen and oxygen atoms in total. The predicted octanol–water partition coefficient (Wildman–Crippen LogP) is 0.689. The highest BCUT2D eigenvalue weighted by atomic mass is 31.2. The van der Waals surface area contributed by atoms with Crippen LogP contribution in [0.1, 0.15) is 84.0 Å². The summed E-state index contributed by atoms with van der Waals surface area (Å²) in [4.78, 5) is 71.6. The van der Waals surface area contributed by atoms with Gasteiger partial charge in [-0.25, -0.2) is 13.7 Å². The molecule has 23 heteroatoms. The number of carbonyl (C=O) groups excluding carboxylic acids is 2. The fraction of sp³-hybridized carbons (Fsp3) is 0.920. The number of phosphoric ester groups is 3. The summed E-state index contributed by atoms with van der Waals surface area (Å²) >= 11 is 0. The third-order valence-electron chi connectivity index (χ3n) is 6.97. The van der Waals surface area contributed by atoms with E-state index in [1.54, 1.807) is 0 Å². The van der Waals surface area contributed by atoms with Gasteiger partial charge in [0.1, 0.15) is 43.2 Å². The molecule has 9 N–H and O–H groups in total. The highest BCUT2D eigenvalue weighted by Gasteiger charge is 2.56. The molecule has 1 aliphatic rings. The van der Waals surface area contributed by atoms with Gasteiger partial charge in [0.05, 0.1) is 6.61 Å². The van der Waals surface area contributed by atoms with Crippen molar-refractivity contribution in [3.8, 4) is 0 Å². The third kappa shape index (κ3) is 18.9. The second-order valence-electron chi connectivity index (χ2n) is 11.1. The minimum absolute atomic E-state index is 0.0478. The number of phosphoric acid groups is 3. The first-order valence-electron chi connectivity index (χ1n) is 15.4. The molecule has 0 amide bonds. The van der Waals surface area contributed by atoms with Gasteiger partial charge in [-0.2, -0.15) is 0 Å². The molecule has 0 saturated heterocycles. The van der Waals surface area contributed by atoms with E-state index in [0.717, 1.165) is 38.5 Å². The van der Waals surface area contributed by atoms with Gasteiger partial charge in [0.15, 0.2) is 6.10 Å². The maximum atomic E-state index is 12.8. The largest absolute Gasteiger partial charge is 0.472 e. The van der Waals surface area contributed by atoms with Gasteiger partial charge in [0, 0.05) is 19.4 Å². The molecule has 0 aromatic heterocycles. The van der Waals surface area contributed by atoms with Gasteiger partial charge in [0.25, 0.3) is 0 Å². The summed E-state index contributed by atoms with van der Waals surface area (Å²) in [5.74, 6) is -1.39. The van der Waals surface area contributed by atoms with Crippen molar-refractivity contribution < 1.29 is 95.7 Å². The van der Waals surface area contributed by atoms with Crippen LogP contribution in [0.4, 0.5) is 0 Å². The number of ether oxygens (including phenoxy) is 2. The fourth-order valence-electron chi connectivity index (χ4n) is 4.62. The molecule has 0 radical (unpaired) electrons. The van der Waals surface area contributed by atoms with Gasteiger partial charge in [0.2, 0.25) is 0 Å². The van der Waals surface area contributed by atoms with Crippen molar-refractivity contribution in [1.82, 2.24) is 0 Å². The number of unbranched alkanes of at least 4 members (excludes halogenated alkanes) is 8. The minimum atomic E-state index is -5.59. The SMILES string of the molecule is CCCCCCCC(=O)OC[C@H](COP(=O)(O)O[C@@H]1[C@H](O)[C@H](O)[C@@H](OP(=O)(O)O)[C@H](OP(=O)(O)O)[C@H]1O)OC(=O)CCCCCCCO. The molecule has 1 aliphatic carbocycles. The van der Waals surface area contributed by atoms with Crippen LogP contribution in [-0.4, -0.2) is 119 Å². The standard InChI is InChI=1S/C25H49O20P3/c1-2-3-4-6-9-12-18(27)40-15-17(42-19(28)13-10-7-5-8-11-14-26)16-41-48(38,39)45-23-20(29)21(30)24(43-46(32,33)34)25(22(23)31)44-47(35,36)37/h17,20-26,29-31H,2-16H2,1H3,(H,38,39)(H2,32,33,34)(H2,35,36,37)/t17-,20-,21+,22+,23-,24-,25-/m1/s1. The molecule has 0 bridgehead atoms. The van der Waals surface area contributed by atoms with E-state index in [9.17, 15) is 53.3 Å². The average molecular weight is 763 g/mol. The topological polar surface area (TPSA) is 323 Å². The van der Waals surface area contributed by atoms with Crippen LogP contribution in [0.25, 0.3) is 0 Å². The first kappa shape index (κ1) is 45.1. The Morgan fingerprint density at radius 1 is 0.625 bits per heavy atom. The molecule has 0 aliphatic heterocycles.